The van der Waals surface area contributed by atoms with Crippen molar-refractivity contribution in [3.05, 3.63) is 23.0 Å². The number of hydrogen-bond acceptors (Lipinski definition) is 3. The summed E-state index contributed by atoms with van der Waals surface area (Å²) in [7, 11) is 0. The molecule has 1 aromatic rings. The highest BCUT2D eigenvalue weighted by molar-refractivity contribution is 5.99. The number of carbonyl (C=O) groups is 1. The summed E-state index contributed by atoms with van der Waals surface area (Å²) in [4.78, 5) is 14.8. The van der Waals surface area contributed by atoms with Crippen molar-refractivity contribution in [3.63, 3.8) is 0 Å². The largest absolute Gasteiger partial charge is 0.378 e. The van der Waals surface area contributed by atoms with Crippen LogP contribution >= 0.6 is 0 Å². The van der Waals surface area contributed by atoms with E-state index in [-0.39, 0.29) is 5.78 Å². The third-order valence-corrected chi connectivity index (χ3v) is 4.49. The van der Waals surface area contributed by atoms with E-state index < -0.39 is 0 Å². The molecule has 4 heteroatoms. The molecular formula is C17H28N2O2. The van der Waals surface area contributed by atoms with Crippen molar-refractivity contribution < 1.29 is 9.53 Å². The molecule has 0 spiro atoms. The van der Waals surface area contributed by atoms with Gasteiger partial charge >= 0.3 is 0 Å². The zero-order chi connectivity index (χ0) is 15.4. The van der Waals surface area contributed by atoms with E-state index in [4.69, 9.17) is 4.74 Å². The molecule has 0 aliphatic carbocycles. The summed E-state index contributed by atoms with van der Waals surface area (Å²) in [6, 6.07) is 2.04. The van der Waals surface area contributed by atoms with Crippen molar-refractivity contribution in [2.75, 3.05) is 26.2 Å². The summed E-state index contributed by atoms with van der Waals surface area (Å²) in [6.07, 6.45) is 2.45. The van der Waals surface area contributed by atoms with Crippen LogP contribution < -0.4 is 0 Å². The highest BCUT2D eigenvalue weighted by atomic mass is 16.5. The Bertz CT molecular complexity index is 485. The predicted molar refractivity (Wildman–Crippen MR) is 85.0 cm³/mol. The number of nitrogens with zero attached hydrogens (tertiary/aromatic N) is 2. The molecule has 1 aliphatic heterocycles. The molecule has 1 aliphatic rings. The number of rotatable bonds is 6. The van der Waals surface area contributed by atoms with E-state index >= 15 is 0 Å². The molecule has 0 atom stereocenters. The number of likely N-dealkylation sites (tertiary alicyclic amines) is 1. The molecule has 1 aromatic heterocycles. The Labute approximate surface area is 128 Å². The highest BCUT2D eigenvalue weighted by Gasteiger charge is 2.23. The molecular weight excluding hydrogens is 264 g/mol. The normalized spacial score (nSPS) is 17.3. The molecule has 0 unspecified atom stereocenters. The lowest BCUT2D eigenvalue weighted by molar-refractivity contribution is 0.0147. The molecule has 2 heterocycles. The Morgan fingerprint density at radius 2 is 1.95 bits per heavy atom. The van der Waals surface area contributed by atoms with Gasteiger partial charge in [-0.25, -0.2) is 0 Å². The van der Waals surface area contributed by atoms with Gasteiger partial charge in [0.1, 0.15) is 0 Å². The predicted octanol–water partition coefficient (Wildman–Crippen LogP) is 2.81. The van der Waals surface area contributed by atoms with E-state index in [0.717, 1.165) is 50.3 Å². The number of piperidine rings is 1. The summed E-state index contributed by atoms with van der Waals surface area (Å²) in [6.45, 7) is 12.4. The second-order valence-electron chi connectivity index (χ2n) is 5.88. The van der Waals surface area contributed by atoms with Crippen LogP contribution in [-0.2, 0) is 11.3 Å². The molecule has 0 radical (unpaired) electrons. The fourth-order valence-electron chi connectivity index (χ4n) is 3.33. The average Bonchev–Trinajstić information content (AvgIpc) is 2.76. The number of carbonyl (C=O) groups excluding carboxylic acids is 1. The molecule has 4 nitrogen and oxygen atoms in total. The van der Waals surface area contributed by atoms with E-state index in [2.05, 4.69) is 23.3 Å². The van der Waals surface area contributed by atoms with Gasteiger partial charge in [-0.05, 0) is 46.6 Å². The maximum absolute atomic E-state index is 12.5. The quantitative estimate of drug-likeness (QED) is 0.756. The maximum atomic E-state index is 12.5. The molecule has 0 bridgehead atoms. The van der Waals surface area contributed by atoms with E-state index in [1.807, 2.05) is 19.9 Å². The van der Waals surface area contributed by atoms with Crippen LogP contribution in [0.2, 0.25) is 0 Å². The third kappa shape index (κ3) is 3.74. The Kier molecular flexibility index (Phi) is 5.59. The summed E-state index contributed by atoms with van der Waals surface area (Å²) in [5, 5.41) is 0. The molecule has 0 saturated carbocycles. The van der Waals surface area contributed by atoms with Crippen molar-refractivity contribution in [2.24, 2.45) is 0 Å². The fraction of sp³-hybridized carbons (Fsp3) is 0.706. The Morgan fingerprint density at radius 1 is 1.29 bits per heavy atom. The summed E-state index contributed by atoms with van der Waals surface area (Å²) < 4.78 is 7.86. The van der Waals surface area contributed by atoms with Gasteiger partial charge in [0.15, 0.2) is 5.78 Å². The number of hydrogen-bond donors (Lipinski definition) is 0. The van der Waals surface area contributed by atoms with E-state index in [0.29, 0.717) is 12.6 Å². The third-order valence-electron chi connectivity index (χ3n) is 4.49. The second kappa shape index (κ2) is 7.23. The molecule has 1 saturated heterocycles. The first-order valence-electron chi connectivity index (χ1n) is 8.10. The Morgan fingerprint density at radius 3 is 2.48 bits per heavy atom. The maximum Gasteiger partial charge on any atom is 0.178 e. The summed E-state index contributed by atoms with van der Waals surface area (Å²) >= 11 is 0. The van der Waals surface area contributed by atoms with Crippen LogP contribution in [0, 0.1) is 13.8 Å². The monoisotopic (exact) mass is 292 g/mol. The van der Waals surface area contributed by atoms with E-state index in [9.17, 15) is 4.79 Å². The van der Waals surface area contributed by atoms with Gasteiger partial charge in [-0.15, -0.1) is 0 Å². The smallest absolute Gasteiger partial charge is 0.178 e. The Balaban J connectivity index is 1.94. The van der Waals surface area contributed by atoms with Gasteiger partial charge in [0.25, 0.3) is 0 Å². The van der Waals surface area contributed by atoms with Gasteiger partial charge in [-0.3, -0.25) is 9.69 Å². The number of ether oxygens (including phenoxy) is 1. The topological polar surface area (TPSA) is 34.5 Å². The van der Waals surface area contributed by atoms with Crippen LogP contribution in [0.4, 0.5) is 0 Å². The zero-order valence-electron chi connectivity index (χ0n) is 13.8. The second-order valence-corrected chi connectivity index (χ2v) is 5.88. The number of aromatic nitrogens is 1. The minimum Gasteiger partial charge on any atom is -0.378 e. The highest BCUT2D eigenvalue weighted by Crippen LogP contribution is 2.18. The molecule has 21 heavy (non-hydrogen) atoms. The fourth-order valence-corrected chi connectivity index (χ4v) is 3.33. The van der Waals surface area contributed by atoms with Gasteiger partial charge in [0.2, 0.25) is 0 Å². The number of aryl methyl sites for hydroxylation is 1. The molecule has 118 valence electrons. The van der Waals surface area contributed by atoms with Gasteiger partial charge in [-0.2, -0.15) is 0 Å². The van der Waals surface area contributed by atoms with Crippen LogP contribution in [0.15, 0.2) is 6.07 Å². The van der Waals surface area contributed by atoms with Gasteiger partial charge in [-0.1, -0.05) is 0 Å². The first-order valence-corrected chi connectivity index (χ1v) is 8.10. The van der Waals surface area contributed by atoms with Crippen molar-refractivity contribution in [1.29, 1.82) is 0 Å². The van der Waals surface area contributed by atoms with Crippen LogP contribution in [0.5, 0.6) is 0 Å². The molecule has 2 rings (SSSR count). The number of Topliss-reactive ketones (excluding diaryl/α,β-unsaturated/α-hetero) is 1. The lowest BCUT2D eigenvalue weighted by atomic mass is 10.1. The Hall–Kier alpha value is -1.13. The lowest BCUT2D eigenvalue weighted by Gasteiger charge is -2.31. The molecule has 0 N–H and O–H groups in total. The first kappa shape index (κ1) is 16.2. The SMILES string of the molecule is CCOC1CCN(CC(=O)c2cc(C)n(CC)c2C)CC1. The summed E-state index contributed by atoms with van der Waals surface area (Å²) in [5.41, 5.74) is 3.17. The average molecular weight is 292 g/mol. The van der Waals surface area contributed by atoms with E-state index in [1.165, 1.54) is 5.69 Å². The molecule has 1 fully saturated rings. The van der Waals surface area contributed by atoms with Gasteiger partial charge in [0.05, 0.1) is 12.6 Å². The van der Waals surface area contributed by atoms with Crippen molar-refractivity contribution >= 4 is 5.78 Å². The van der Waals surface area contributed by atoms with Crippen molar-refractivity contribution in [3.8, 4) is 0 Å². The lowest BCUT2D eigenvalue weighted by Crippen LogP contribution is -2.40. The summed E-state index contributed by atoms with van der Waals surface area (Å²) in [5.74, 6) is 0.248. The van der Waals surface area contributed by atoms with Crippen LogP contribution in [-0.4, -0.2) is 47.6 Å². The van der Waals surface area contributed by atoms with Crippen molar-refractivity contribution in [2.45, 2.75) is 53.2 Å². The standard InChI is InChI=1S/C17H28N2O2/c1-5-19-13(3)11-16(14(19)4)17(20)12-18-9-7-15(8-10-18)21-6-2/h11,15H,5-10,12H2,1-4H3. The van der Waals surface area contributed by atoms with E-state index in [1.54, 1.807) is 0 Å². The van der Waals surface area contributed by atoms with Gasteiger partial charge < -0.3 is 9.30 Å². The minimum atomic E-state index is 0.248. The van der Waals surface area contributed by atoms with Crippen LogP contribution in [0.3, 0.4) is 0 Å². The first-order chi connectivity index (χ1) is 10.1. The minimum absolute atomic E-state index is 0.248. The van der Waals surface area contributed by atoms with Crippen LogP contribution in [0.25, 0.3) is 0 Å². The van der Waals surface area contributed by atoms with Crippen molar-refractivity contribution in [1.82, 2.24) is 9.47 Å². The van der Waals surface area contributed by atoms with Crippen LogP contribution in [0.1, 0.15) is 48.4 Å². The molecule has 0 aromatic carbocycles. The molecule has 0 amide bonds. The zero-order valence-corrected chi connectivity index (χ0v) is 13.8. The van der Waals surface area contributed by atoms with Gasteiger partial charge in [0, 0.05) is 43.2 Å². The number of ketones is 1.